The second-order valence-corrected chi connectivity index (χ2v) is 4.47. The van der Waals surface area contributed by atoms with Gasteiger partial charge in [0, 0.05) is 12.5 Å². The molecule has 0 atom stereocenters. The zero-order valence-electron chi connectivity index (χ0n) is 8.75. The molecule has 0 aromatic carbocycles. The lowest BCUT2D eigenvalue weighted by Gasteiger charge is -2.20. The highest BCUT2D eigenvalue weighted by Crippen LogP contribution is 2.31. The smallest absolute Gasteiger partial charge is 0.133 e. The molecule has 2 N–H and O–H groups in total. The van der Waals surface area contributed by atoms with Crippen molar-refractivity contribution < 1.29 is 0 Å². The van der Waals surface area contributed by atoms with E-state index >= 15 is 0 Å². The molecule has 1 aliphatic rings. The van der Waals surface area contributed by atoms with E-state index in [0.29, 0.717) is 17.6 Å². The Bertz CT molecular complexity index is 335. The van der Waals surface area contributed by atoms with Crippen molar-refractivity contribution >= 4 is 11.6 Å². The van der Waals surface area contributed by atoms with Crippen LogP contribution in [-0.4, -0.2) is 9.97 Å². The number of hydrogen-bond donors (Lipinski definition) is 1. The third kappa shape index (κ3) is 2.67. The van der Waals surface area contributed by atoms with Gasteiger partial charge < -0.3 is 5.73 Å². The van der Waals surface area contributed by atoms with Crippen LogP contribution in [0.25, 0.3) is 0 Å². The third-order valence-electron chi connectivity index (χ3n) is 2.94. The van der Waals surface area contributed by atoms with Gasteiger partial charge in [-0.15, -0.1) is 0 Å². The Morgan fingerprint density at radius 3 is 2.67 bits per heavy atom. The highest BCUT2D eigenvalue weighted by atomic mass is 35.5. The number of hydrogen-bond acceptors (Lipinski definition) is 3. The van der Waals surface area contributed by atoms with Gasteiger partial charge in [-0.25, -0.2) is 9.97 Å². The van der Waals surface area contributed by atoms with E-state index in [-0.39, 0.29) is 0 Å². The van der Waals surface area contributed by atoms with Crippen molar-refractivity contribution in [3.8, 4) is 0 Å². The molecule has 4 heteroatoms. The molecule has 15 heavy (non-hydrogen) atoms. The molecule has 1 heterocycles. The molecule has 82 valence electrons. The minimum Gasteiger partial charge on any atom is -0.325 e. The number of nitrogens with zero attached hydrogens (tertiary/aromatic N) is 2. The predicted octanol–water partition coefficient (Wildman–Crippen LogP) is 2.64. The molecule has 3 nitrogen and oxygen atoms in total. The van der Waals surface area contributed by atoms with Crippen molar-refractivity contribution in [2.75, 3.05) is 0 Å². The first kappa shape index (κ1) is 10.8. The van der Waals surface area contributed by atoms with E-state index in [9.17, 15) is 0 Å². The van der Waals surface area contributed by atoms with E-state index in [0.717, 1.165) is 11.5 Å². The molecule has 1 aromatic rings. The van der Waals surface area contributed by atoms with E-state index in [2.05, 4.69) is 9.97 Å². The van der Waals surface area contributed by atoms with Gasteiger partial charge >= 0.3 is 0 Å². The van der Waals surface area contributed by atoms with Gasteiger partial charge in [-0.05, 0) is 18.9 Å². The largest absolute Gasteiger partial charge is 0.325 e. The summed E-state index contributed by atoms with van der Waals surface area (Å²) in [5.74, 6) is 1.38. The highest BCUT2D eigenvalue weighted by molar-refractivity contribution is 6.29. The molecule has 0 amide bonds. The molecule has 0 bridgehead atoms. The normalized spacial score (nSPS) is 18.0. The summed E-state index contributed by atoms with van der Waals surface area (Å²) in [6.45, 7) is 0.432. The first-order valence-corrected chi connectivity index (χ1v) is 5.91. The van der Waals surface area contributed by atoms with Crippen LogP contribution in [0.4, 0.5) is 0 Å². The standard InChI is InChI=1S/C11H16ClN3/c12-10-6-9(7-13)14-11(15-10)8-4-2-1-3-5-8/h6,8H,1-5,7,13H2. The maximum absolute atomic E-state index is 5.94. The van der Waals surface area contributed by atoms with E-state index in [1.807, 2.05) is 0 Å². The fourth-order valence-corrected chi connectivity index (χ4v) is 2.34. The molecular formula is C11H16ClN3. The van der Waals surface area contributed by atoms with Crippen LogP contribution in [0.1, 0.15) is 49.5 Å². The van der Waals surface area contributed by atoms with Gasteiger partial charge in [-0.1, -0.05) is 30.9 Å². The Kier molecular flexibility index (Phi) is 3.54. The first-order chi connectivity index (χ1) is 7.29. The lowest BCUT2D eigenvalue weighted by molar-refractivity contribution is 0.427. The SMILES string of the molecule is NCc1cc(Cl)nc(C2CCCCC2)n1. The minimum atomic E-state index is 0.432. The van der Waals surface area contributed by atoms with E-state index < -0.39 is 0 Å². The summed E-state index contributed by atoms with van der Waals surface area (Å²) in [5.41, 5.74) is 6.41. The van der Waals surface area contributed by atoms with Crippen LogP contribution in [-0.2, 0) is 6.54 Å². The summed E-state index contributed by atoms with van der Waals surface area (Å²) < 4.78 is 0. The van der Waals surface area contributed by atoms with Crippen molar-refractivity contribution in [2.45, 2.75) is 44.6 Å². The molecule has 1 fully saturated rings. The molecule has 0 unspecified atom stereocenters. The van der Waals surface area contributed by atoms with Crippen LogP contribution in [0.2, 0.25) is 5.15 Å². The molecule has 0 aliphatic heterocycles. The second-order valence-electron chi connectivity index (χ2n) is 4.08. The Morgan fingerprint density at radius 1 is 1.27 bits per heavy atom. The quantitative estimate of drug-likeness (QED) is 0.788. The number of nitrogens with two attached hydrogens (primary N) is 1. The average Bonchev–Trinajstić information content (AvgIpc) is 2.29. The van der Waals surface area contributed by atoms with Gasteiger partial charge in [0.25, 0.3) is 0 Å². The lowest BCUT2D eigenvalue weighted by Crippen LogP contribution is -2.11. The topological polar surface area (TPSA) is 51.8 Å². The summed E-state index contributed by atoms with van der Waals surface area (Å²) in [4.78, 5) is 8.76. The van der Waals surface area contributed by atoms with Gasteiger partial charge in [0.1, 0.15) is 11.0 Å². The first-order valence-electron chi connectivity index (χ1n) is 5.53. The van der Waals surface area contributed by atoms with Crippen molar-refractivity contribution in [2.24, 2.45) is 5.73 Å². The van der Waals surface area contributed by atoms with Crippen LogP contribution < -0.4 is 5.73 Å². The molecule has 0 saturated heterocycles. The van der Waals surface area contributed by atoms with Gasteiger partial charge in [0.2, 0.25) is 0 Å². The molecule has 1 aliphatic carbocycles. The Labute approximate surface area is 95.1 Å². The van der Waals surface area contributed by atoms with Crippen molar-refractivity contribution in [1.29, 1.82) is 0 Å². The molecular weight excluding hydrogens is 210 g/mol. The number of halogens is 1. The fraction of sp³-hybridized carbons (Fsp3) is 0.636. The number of aromatic nitrogens is 2. The van der Waals surface area contributed by atoms with Crippen molar-refractivity contribution in [1.82, 2.24) is 9.97 Å². The molecule has 0 spiro atoms. The zero-order chi connectivity index (χ0) is 10.7. The maximum Gasteiger partial charge on any atom is 0.133 e. The summed E-state index contributed by atoms with van der Waals surface area (Å²) in [6.07, 6.45) is 6.26. The summed E-state index contributed by atoms with van der Waals surface area (Å²) in [6, 6.07) is 1.74. The van der Waals surface area contributed by atoms with E-state index in [1.165, 1.54) is 32.1 Å². The predicted molar refractivity (Wildman–Crippen MR) is 60.8 cm³/mol. The van der Waals surface area contributed by atoms with E-state index in [4.69, 9.17) is 17.3 Å². The zero-order valence-corrected chi connectivity index (χ0v) is 9.50. The van der Waals surface area contributed by atoms with Crippen LogP contribution in [0.3, 0.4) is 0 Å². The summed E-state index contributed by atoms with van der Waals surface area (Å²) in [7, 11) is 0. The van der Waals surface area contributed by atoms with Crippen LogP contribution in [0, 0.1) is 0 Å². The highest BCUT2D eigenvalue weighted by Gasteiger charge is 2.18. The second kappa shape index (κ2) is 4.90. The Hall–Kier alpha value is -0.670. The van der Waals surface area contributed by atoms with Crippen LogP contribution >= 0.6 is 11.6 Å². The van der Waals surface area contributed by atoms with Crippen LogP contribution in [0.5, 0.6) is 0 Å². The van der Waals surface area contributed by atoms with Crippen molar-refractivity contribution in [3.63, 3.8) is 0 Å². The van der Waals surface area contributed by atoms with Gasteiger partial charge in [-0.2, -0.15) is 0 Å². The third-order valence-corrected chi connectivity index (χ3v) is 3.14. The molecule has 1 saturated carbocycles. The Morgan fingerprint density at radius 2 is 2.00 bits per heavy atom. The maximum atomic E-state index is 5.94. The summed E-state index contributed by atoms with van der Waals surface area (Å²) >= 11 is 5.94. The molecule has 1 aromatic heterocycles. The molecule has 0 radical (unpaired) electrons. The minimum absolute atomic E-state index is 0.432. The monoisotopic (exact) mass is 225 g/mol. The van der Waals surface area contributed by atoms with Gasteiger partial charge in [0.15, 0.2) is 0 Å². The number of rotatable bonds is 2. The molecule has 2 rings (SSSR count). The Balaban J connectivity index is 2.22. The average molecular weight is 226 g/mol. The van der Waals surface area contributed by atoms with Gasteiger partial charge in [-0.3, -0.25) is 0 Å². The van der Waals surface area contributed by atoms with Crippen LogP contribution in [0.15, 0.2) is 6.07 Å². The van der Waals surface area contributed by atoms with E-state index in [1.54, 1.807) is 6.07 Å². The van der Waals surface area contributed by atoms with Crippen molar-refractivity contribution in [3.05, 3.63) is 22.7 Å². The summed E-state index contributed by atoms with van der Waals surface area (Å²) in [5, 5.41) is 0.519. The van der Waals surface area contributed by atoms with Gasteiger partial charge in [0.05, 0.1) is 5.69 Å². The lowest BCUT2D eigenvalue weighted by atomic mass is 9.88. The fourth-order valence-electron chi connectivity index (χ4n) is 2.13.